The molecule has 37 heavy (non-hydrogen) atoms. The Balaban J connectivity index is 1.17. The number of amides is 3. The lowest BCUT2D eigenvalue weighted by molar-refractivity contribution is 0.0931. The third-order valence-corrected chi connectivity index (χ3v) is 7.53. The van der Waals surface area contributed by atoms with E-state index in [0.717, 1.165) is 50.8 Å². The number of nitrogens with zero attached hydrogens (tertiary/aromatic N) is 2. The molecule has 2 heterocycles. The van der Waals surface area contributed by atoms with Crippen molar-refractivity contribution in [3.63, 3.8) is 0 Å². The molecule has 0 saturated carbocycles. The van der Waals surface area contributed by atoms with Crippen LogP contribution in [0.1, 0.15) is 53.1 Å². The molecule has 1 aliphatic carbocycles. The lowest BCUT2D eigenvalue weighted by Gasteiger charge is -2.34. The minimum absolute atomic E-state index is 0.0267. The summed E-state index contributed by atoms with van der Waals surface area (Å²) in [7, 11) is 0. The van der Waals surface area contributed by atoms with Gasteiger partial charge < -0.3 is 20.9 Å². The molecule has 2 aliphatic rings. The lowest BCUT2D eigenvalue weighted by atomic mass is 9.82. The van der Waals surface area contributed by atoms with Crippen molar-refractivity contribution in [2.45, 2.75) is 44.1 Å². The molecular weight excluding hydrogens is 486 g/mol. The first-order valence-corrected chi connectivity index (χ1v) is 13.3. The monoisotopic (exact) mass is 517 g/mol. The van der Waals surface area contributed by atoms with Crippen LogP contribution < -0.4 is 20.9 Å². The van der Waals surface area contributed by atoms with Gasteiger partial charge in [-0.3, -0.25) is 9.78 Å². The second-order valence-corrected chi connectivity index (χ2v) is 10.2. The van der Waals surface area contributed by atoms with Crippen LogP contribution in [-0.2, 0) is 6.42 Å². The highest BCUT2D eigenvalue weighted by molar-refractivity contribution is 6.30. The molecule has 5 rings (SSSR count). The molecule has 3 aromatic rings. The first-order valence-electron chi connectivity index (χ1n) is 12.9. The van der Waals surface area contributed by atoms with E-state index in [1.807, 2.05) is 36.7 Å². The largest absolute Gasteiger partial charge is 0.371 e. The zero-order valence-corrected chi connectivity index (χ0v) is 21.5. The number of pyridine rings is 1. The van der Waals surface area contributed by atoms with Crippen LogP contribution in [-0.4, -0.2) is 42.6 Å². The minimum atomic E-state index is -0.263. The molecule has 1 aliphatic heterocycles. The van der Waals surface area contributed by atoms with Crippen LogP contribution in [0.5, 0.6) is 0 Å². The van der Waals surface area contributed by atoms with Crippen molar-refractivity contribution in [2.24, 2.45) is 0 Å². The number of hydrogen-bond acceptors (Lipinski definition) is 4. The van der Waals surface area contributed by atoms with Crippen molar-refractivity contribution < 1.29 is 9.59 Å². The highest BCUT2D eigenvalue weighted by atomic mass is 35.5. The van der Waals surface area contributed by atoms with Gasteiger partial charge in [-0.2, -0.15) is 0 Å². The lowest BCUT2D eigenvalue weighted by Crippen LogP contribution is -2.44. The summed E-state index contributed by atoms with van der Waals surface area (Å²) in [4.78, 5) is 32.0. The fraction of sp³-hybridized carbons (Fsp3) is 0.345. The van der Waals surface area contributed by atoms with E-state index < -0.39 is 0 Å². The summed E-state index contributed by atoms with van der Waals surface area (Å²) in [6.45, 7) is 2.33. The average molecular weight is 518 g/mol. The van der Waals surface area contributed by atoms with Crippen LogP contribution in [0.3, 0.4) is 0 Å². The number of hydrogen-bond donors (Lipinski definition) is 3. The number of urea groups is 1. The standard InChI is InChI=1S/C29H32ClN5O2/c30-23-5-2-6-25(18-23)34-29(37)32-19-22-4-1-3-20-7-8-21(17-27(20)22)28(36)33-24-11-15-35(16-12-24)26-9-13-31-14-10-26/h2,5-10,13-14,17-18,22,24H,1,3-4,11-12,15-16,19H2,(H,33,36)(H2,32,34,37). The Kier molecular flexibility index (Phi) is 7.90. The Morgan fingerprint density at radius 1 is 1.00 bits per heavy atom. The van der Waals surface area contributed by atoms with Crippen molar-refractivity contribution in [3.8, 4) is 0 Å². The fourth-order valence-corrected chi connectivity index (χ4v) is 5.50. The van der Waals surface area contributed by atoms with Crippen molar-refractivity contribution in [1.29, 1.82) is 0 Å². The summed E-state index contributed by atoms with van der Waals surface area (Å²) < 4.78 is 0. The third-order valence-electron chi connectivity index (χ3n) is 7.30. The first-order chi connectivity index (χ1) is 18.0. The van der Waals surface area contributed by atoms with Crippen molar-refractivity contribution >= 4 is 34.9 Å². The number of rotatable bonds is 6. The summed E-state index contributed by atoms with van der Waals surface area (Å²) in [5.41, 5.74) is 4.94. The Morgan fingerprint density at radius 3 is 2.59 bits per heavy atom. The second kappa shape index (κ2) is 11.6. The Morgan fingerprint density at radius 2 is 1.81 bits per heavy atom. The van der Waals surface area contributed by atoms with Gasteiger partial charge in [0.1, 0.15) is 0 Å². The van der Waals surface area contributed by atoms with Gasteiger partial charge in [-0.15, -0.1) is 0 Å². The molecule has 7 nitrogen and oxygen atoms in total. The number of aromatic nitrogens is 1. The van der Waals surface area contributed by atoms with E-state index in [1.165, 1.54) is 11.3 Å². The van der Waals surface area contributed by atoms with Gasteiger partial charge in [0.25, 0.3) is 5.91 Å². The number of benzene rings is 2. The van der Waals surface area contributed by atoms with Gasteiger partial charge in [-0.1, -0.05) is 23.7 Å². The second-order valence-electron chi connectivity index (χ2n) is 9.79. The average Bonchev–Trinajstić information content (AvgIpc) is 2.92. The number of aryl methyl sites for hydroxylation is 1. The van der Waals surface area contributed by atoms with Crippen LogP contribution in [0.2, 0.25) is 5.02 Å². The molecule has 0 bridgehead atoms. The van der Waals surface area contributed by atoms with E-state index >= 15 is 0 Å². The van der Waals surface area contributed by atoms with Crippen LogP contribution in [0.4, 0.5) is 16.2 Å². The van der Waals surface area contributed by atoms with Crippen LogP contribution in [0.25, 0.3) is 0 Å². The van der Waals surface area contributed by atoms with E-state index in [2.05, 4.69) is 31.9 Å². The number of piperidine rings is 1. The van der Waals surface area contributed by atoms with Crippen LogP contribution in [0.15, 0.2) is 67.0 Å². The van der Waals surface area contributed by atoms with Gasteiger partial charge >= 0.3 is 6.03 Å². The quantitative estimate of drug-likeness (QED) is 0.410. The van der Waals surface area contributed by atoms with Crippen LogP contribution >= 0.6 is 11.6 Å². The smallest absolute Gasteiger partial charge is 0.319 e. The molecule has 192 valence electrons. The van der Waals surface area contributed by atoms with Crippen molar-refractivity contribution in [1.82, 2.24) is 15.6 Å². The first kappa shape index (κ1) is 25.1. The summed E-state index contributed by atoms with van der Waals surface area (Å²) in [6, 6.07) is 17.1. The minimum Gasteiger partial charge on any atom is -0.371 e. The van der Waals surface area contributed by atoms with E-state index in [0.29, 0.717) is 22.8 Å². The summed E-state index contributed by atoms with van der Waals surface area (Å²) in [6.07, 6.45) is 8.48. The van der Waals surface area contributed by atoms with Gasteiger partial charge in [-0.25, -0.2) is 4.79 Å². The van der Waals surface area contributed by atoms with Gasteiger partial charge in [0.15, 0.2) is 0 Å². The molecule has 1 unspecified atom stereocenters. The zero-order chi connectivity index (χ0) is 25.6. The van der Waals surface area contributed by atoms with Crippen molar-refractivity contribution in [3.05, 3.63) is 88.7 Å². The molecule has 1 atom stereocenters. The number of nitrogens with one attached hydrogen (secondary N) is 3. The molecule has 3 amide bonds. The molecule has 1 aromatic heterocycles. The van der Waals surface area contributed by atoms with E-state index in [9.17, 15) is 9.59 Å². The van der Waals surface area contributed by atoms with E-state index in [1.54, 1.807) is 24.3 Å². The number of anilines is 2. The molecule has 1 fully saturated rings. The van der Waals surface area contributed by atoms with Gasteiger partial charge in [-0.05, 0) is 85.7 Å². The molecular formula is C29H32ClN5O2. The molecule has 2 aromatic carbocycles. The summed E-state index contributed by atoms with van der Waals surface area (Å²) in [5, 5.41) is 9.64. The topological polar surface area (TPSA) is 86.4 Å². The maximum absolute atomic E-state index is 13.1. The Hall–Kier alpha value is -3.58. The molecule has 8 heteroatoms. The highest BCUT2D eigenvalue weighted by Gasteiger charge is 2.24. The summed E-state index contributed by atoms with van der Waals surface area (Å²) in [5.74, 6) is 0.145. The molecule has 3 N–H and O–H groups in total. The highest BCUT2D eigenvalue weighted by Crippen LogP contribution is 2.32. The summed E-state index contributed by atoms with van der Waals surface area (Å²) >= 11 is 6.01. The van der Waals surface area contributed by atoms with Gasteiger partial charge in [0, 0.05) is 65.9 Å². The Bertz CT molecular complexity index is 1240. The van der Waals surface area contributed by atoms with Crippen molar-refractivity contribution in [2.75, 3.05) is 29.9 Å². The molecule has 1 saturated heterocycles. The molecule has 0 radical (unpaired) electrons. The van der Waals surface area contributed by atoms with E-state index in [4.69, 9.17) is 11.6 Å². The number of fused-ring (bicyclic) bond motifs is 1. The number of carbonyl (C=O) groups excluding carboxylic acids is 2. The normalized spacial score (nSPS) is 17.5. The van der Waals surface area contributed by atoms with E-state index in [-0.39, 0.29) is 23.9 Å². The van der Waals surface area contributed by atoms with Crippen LogP contribution in [0, 0.1) is 0 Å². The number of halogens is 1. The third kappa shape index (κ3) is 6.41. The maximum Gasteiger partial charge on any atom is 0.319 e. The SMILES string of the molecule is O=C(NCC1CCCc2ccc(C(=O)NC3CCN(c4ccncc4)CC3)cc21)Nc1cccc(Cl)c1. The predicted octanol–water partition coefficient (Wildman–Crippen LogP) is 5.38. The van der Waals surface area contributed by atoms with Gasteiger partial charge in [0.2, 0.25) is 0 Å². The fourth-order valence-electron chi connectivity index (χ4n) is 5.31. The number of carbonyl (C=O) groups is 2. The zero-order valence-electron chi connectivity index (χ0n) is 20.8. The predicted molar refractivity (Wildman–Crippen MR) is 148 cm³/mol. The van der Waals surface area contributed by atoms with Gasteiger partial charge in [0.05, 0.1) is 0 Å². The molecule has 0 spiro atoms. The Labute approximate surface area is 222 Å². The maximum atomic E-state index is 13.1.